The fourth-order valence-electron chi connectivity index (χ4n) is 1.41. The first-order chi connectivity index (χ1) is 8.89. The van der Waals surface area contributed by atoms with Gasteiger partial charge in [-0.1, -0.05) is 5.16 Å². The van der Waals surface area contributed by atoms with Gasteiger partial charge in [0.2, 0.25) is 11.8 Å². The lowest BCUT2D eigenvalue weighted by Gasteiger charge is -2.20. The second-order valence-electron chi connectivity index (χ2n) is 4.32. The van der Waals surface area contributed by atoms with Crippen LogP contribution in [0, 0.1) is 0 Å². The molecule has 1 heterocycles. The zero-order chi connectivity index (χ0) is 15.8. The molecule has 0 saturated carbocycles. The summed E-state index contributed by atoms with van der Waals surface area (Å²) in [6, 6.07) is 0. The van der Waals surface area contributed by atoms with Crippen molar-refractivity contribution in [3.05, 3.63) is 11.7 Å². The van der Waals surface area contributed by atoms with Crippen LogP contribution in [0.3, 0.4) is 0 Å². The third-order valence-electron chi connectivity index (χ3n) is 2.30. The van der Waals surface area contributed by atoms with Gasteiger partial charge in [-0.15, -0.1) is 0 Å². The lowest BCUT2D eigenvalue weighted by atomic mass is 10.0. The Morgan fingerprint density at radius 1 is 1.20 bits per heavy atom. The van der Waals surface area contributed by atoms with Gasteiger partial charge in [0.1, 0.15) is 5.54 Å². The Balaban J connectivity index is 3.17. The maximum absolute atomic E-state index is 12.5. The molecular formula is C9H11F6N3O2. The maximum atomic E-state index is 12.5. The van der Waals surface area contributed by atoms with Gasteiger partial charge in [-0.2, -0.15) is 31.3 Å². The van der Waals surface area contributed by atoms with Gasteiger partial charge in [0.05, 0.1) is 6.61 Å². The van der Waals surface area contributed by atoms with E-state index in [0.717, 1.165) is 0 Å². The number of alkyl halides is 6. The maximum Gasteiger partial charge on any atom is 0.409 e. The highest BCUT2D eigenvalue weighted by atomic mass is 19.4. The van der Waals surface area contributed by atoms with Crippen molar-refractivity contribution in [3.8, 4) is 0 Å². The number of methoxy groups -OCH3 is 1. The van der Waals surface area contributed by atoms with Crippen LogP contribution in [0.25, 0.3) is 0 Å². The van der Waals surface area contributed by atoms with Crippen LogP contribution in [0.2, 0.25) is 0 Å². The summed E-state index contributed by atoms with van der Waals surface area (Å²) in [4.78, 5) is 3.11. The van der Waals surface area contributed by atoms with Crippen molar-refractivity contribution in [1.82, 2.24) is 10.1 Å². The normalized spacial score (nSPS) is 16.5. The Morgan fingerprint density at radius 3 is 2.10 bits per heavy atom. The van der Waals surface area contributed by atoms with Crippen molar-refractivity contribution in [1.29, 1.82) is 0 Å². The molecule has 1 unspecified atom stereocenters. The number of nitrogens with two attached hydrogens (primary N) is 1. The highest BCUT2D eigenvalue weighted by Gasteiger charge is 2.61. The fourth-order valence-corrected chi connectivity index (χ4v) is 1.41. The molecule has 0 spiro atoms. The zero-order valence-corrected chi connectivity index (χ0v) is 10.3. The Labute approximate surface area is 109 Å². The average Bonchev–Trinajstić information content (AvgIpc) is 2.62. The SMILES string of the molecule is COCC(C)(N)c1noc(C(C(F)(F)F)C(F)(F)F)n1. The molecule has 116 valence electrons. The molecule has 1 rings (SSSR count). The molecule has 0 aliphatic rings. The highest BCUT2D eigenvalue weighted by molar-refractivity contribution is 5.07. The molecular weight excluding hydrogens is 296 g/mol. The van der Waals surface area contributed by atoms with E-state index in [1.54, 1.807) is 0 Å². The first-order valence-electron chi connectivity index (χ1n) is 5.15. The number of ether oxygens (including phenoxy) is 1. The van der Waals surface area contributed by atoms with Crippen LogP contribution in [0.1, 0.15) is 24.6 Å². The monoisotopic (exact) mass is 307 g/mol. The molecule has 0 radical (unpaired) electrons. The number of nitrogens with zero attached hydrogens (tertiary/aromatic N) is 2. The van der Waals surface area contributed by atoms with Crippen molar-refractivity contribution in [2.75, 3.05) is 13.7 Å². The first-order valence-corrected chi connectivity index (χ1v) is 5.15. The molecule has 1 atom stereocenters. The second kappa shape index (κ2) is 5.20. The van der Waals surface area contributed by atoms with Crippen molar-refractivity contribution < 1.29 is 35.6 Å². The predicted octanol–water partition coefficient (Wildman–Crippen LogP) is 2.10. The summed E-state index contributed by atoms with van der Waals surface area (Å²) in [7, 11) is 1.25. The Bertz CT molecular complexity index is 439. The fraction of sp³-hybridized carbons (Fsp3) is 0.778. The molecule has 0 fully saturated rings. The highest BCUT2D eigenvalue weighted by Crippen LogP contribution is 2.45. The van der Waals surface area contributed by atoms with E-state index in [1.807, 2.05) is 0 Å². The van der Waals surface area contributed by atoms with Gasteiger partial charge in [0, 0.05) is 7.11 Å². The van der Waals surface area contributed by atoms with Crippen LogP contribution in [0.5, 0.6) is 0 Å². The molecule has 1 aromatic rings. The molecule has 11 heteroatoms. The van der Waals surface area contributed by atoms with Crippen molar-refractivity contribution in [2.45, 2.75) is 30.7 Å². The minimum atomic E-state index is -5.60. The van der Waals surface area contributed by atoms with Crippen molar-refractivity contribution in [3.63, 3.8) is 0 Å². The van der Waals surface area contributed by atoms with Gasteiger partial charge < -0.3 is 15.0 Å². The van der Waals surface area contributed by atoms with E-state index in [2.05, 4.69) is 19.4 Å². The molecule has 20 heavy (non-hydrogen) atoms. The summed E-state index contributed by atoms with van der Waals surface area (Å²) >= 11 is 0. The third-order valence-corrected chi connectivity index (χ3v) is 2.30. The Morgan fingerprint density at radius 2 is 1.70 bits per heavy atom. The lowest BCUT2D eigenvalue weighted by Crippen LogP contribution is -2.39. The van der Waals surface area contributed by atoms with E-state index in [-0.39, 0.29) is 6.61 Å². The van der Waals surface area contributed by atoms with Gasteiger partial charge in [-0.25, -0.2) is 0 Å². The summed E-state index contributed by atoms with van der Waals surface area (Å²) in [5, 5.41) is 3.06. The molecule has 0 saturated heterocycles. The third kappa shape index (κ3) is 3.60. The lowest BCUT2D eigenvalue weighted by molar-refractivity contribution is -0.259. The molecule has 0 aromatic carbocycles. The topological polar surface area (TPSA) is 74.2 Å². The minimum absolute atomic E-state index is 0.214. The van der Waals surface area contributed by atoms with E-state index < -0.39 is 35.5 Å². The zero-order valence-electron chi connectivity index (χ0n) is 10.3. The van der Waals surface area contributed by atoms with Gasteiger partial charge >= 0.3 is 12.4 Å². The number of halogens is 6. The van der Waals surface area contributed by atoms with Gasteiger partial charge in [0.25, 0.3) is 0 Å². The molecule has 0 amide bonds. The van der Waals surface area contributed by atoms with Crippen LogP contribution in [-0.2, 0) is 10.3 Å². The second-order valence-corrected chi connectivity index (χ2v) is 4.32. The van der Waals surface area contributed by atoms with Crippen LogP contribution >= 0.6 is 0 Å². The van der Waals surface area contributed by atoms with Crippen LogP contribution in [0.15, 0.2) is 4.52 Å². The molecule has 5 nitrogen and oxygen atoms in total. The van der Waals surface area contributed by atoms with Gasteiger partial charge in [-0.3, -0.25) is 0 Å². The number of rotatable bonds is 4. The summed E-state index contributed by atoms with van der Waals surface area (Å²) in [5.74, 6) is -5.96. The molecule has 2 N–H and O–H groups in total. The van der Waals surface area contributed by atoms with E-state index in [4.69, 9.17) is 5.73 Å². The van der Waals surface area contributed by atoms with Crippen molar-refractivity contribution >= 4 is 0 Å². The summed E-state index contributed by atoms with van der Waals surface area (Å²) < 4.78 is 83.5. The number of hydrogen-bond acceptors (Lipinski definition) is 5. The van der Waals surface area contributed by atoms with Gasteiger partial charge in [-0.05, 0) is 6.92 Å². The van der Waals surface area contributed by atoms with Crippen LogP contribution < -0.4 is 5.73 Å². The van der Waals surface area contributed by atoms with Crippen molar-refractivity contribution in [2.24, 2.45) is 5.73 Å². The van der Waals surface area contributed by atoms with Crippen LogP contribution in [-0.4, -0.2) is 36.2 Å². The smallest absolute Gasteiger partial charge is 0.382 e. The molecule has 0 aliphatic carbocycles. The summed E-state index contributed by atoms with van der Waals surface area (Å²) in [6.45, 7) is 1.07. The van der Waals surface area contributed by atoms with Crippen LogP contribution in [0.4, 0.5) is 26.3 Å². The molecule has 0 aliphatic heterocycles. The Hall–Kier alpha value is -1.36. The van der Waals surface area contributed by atoms with E-state index in [9.17, 15) is 26.3 Å². The predicted molar refractivity (Wildman–Crippen MR) is 52.6 cm³/mol. The van der Waals surface area contributed by atoms with E-state index >= 15 is 0 Å². The van der Waals surface area contributed by atoms with E-state index in [1.165, 1.54) is 14.0 Å². The largest absolute Gasteiger partial charge is 0.409 e. The summed E-state index contributed by atoms with van der Waals surface area (Å²) in [5.41, 5.74) is 4.13. The molecule has 0 bridgehead atoms. The Kier molecular flexibility index (Phi) is 4.34. The number of aromatic nitrogens is 2. The quantitative estimate of drug-likeness (QED) is 0.862. The minimum Gasteiger partial charge on any atom is -0.382 e. The molecule has 1 aromatic heterocycles. The average molecular weight is 307 g/mol. The van der Waals surface area contributed by atoms with Gasteiger partial charge in [0.15, 0.2) is 5.82 Å². The summed E-state index contributed by atoms with van der Waals surface area (Å²) in [6.07, 6.45) is -11.2. The standard InChI is InChI=1S/C9H11F6N3O2/c1-7(16,3-19-2)6-17-5(20-18-6)4(8(10,11)12)9(13,14)15/h4H,3,16H2,1-2H3. The van der Waals surface area contributed by atoms with E-state index in [0.29, 0.717) is 0 Å². The first kappa shape index (κ1) is 16.7. The number of hydrogen-bond donors (Lipinski definition) is 1.